The number of hydrogen-bond donors (Lipinski definition) is 2. The molecule has 0 saturated heterocycles. The highest BCUT2D eigenvalue weighted by Gasteiger charge is 2.38. The fraction of sp³-hybridized carbons (Fsp3) is 0.800. The number of carbonyl (C=O) groups is 2. The minimum atomic E-state index is -4.85. The summed E-state index contributed by atoms with van der Waals surface area (Å²) in [5.41, 5.74) is 0. The Hall–Kier alpha value is -1.27. The summed E-state index contributed by atoms with van der Waals surface area (Å²) in [6.07, 6.45) is -2.85. The zero-order valence-electron chi connectivity index (χ0n) is 9.09. The summed E-state index contributed by atoms with van der Waals surface area (Å²) < 4.78 is 35.6. The molecule has 98 valence electrons. The molecule has 1 aliphatic carbocycles. The Morgan fingerprint density at radius 2 is 1.71 bits per heavy atom. The maximum atomic E-state index is 11.9. The molecule has 0 aromatic rings. The van der Waals surface area contributed by atoms with E-state index in [1.54, 1.807) is 0 Å². The first-order valence-corrected chi connectivity index (χ1v) is 5.38. The number of rotatable bonds is 3. The molecule has 1 rings (SSSR count). The lowest BCUT2D eigenvalue weighted by molar-refractivity contribution is -0.173. The lowest BCUT2D eigenvalue weighted by Crippen LogP contribution is -2.40. The fourth-order valence-electron chi connectivity index (χ4n) is 1.95. The van der Waals surface area contributed by atoms with E-state index in [-0.39, 0.29) is 12.5 Å². The van der Waals surface area contributed by atoms with Gasteiger partial charge in [-0.05, 0) is 31.6 Å². The molecule has 0 aromatic heterocycles. The van der Waals surface area contributed by atoms with Crippen molar-refractivity contribution in [2.24, 2.45) is 11.8 Å². The highest BCUT2D eigenvalue weighted by Crippen LogP contribution is 2.28. The predicted octanol–water partition coefficient (Wildman–Crippen LogP) is 1.56. The predicted molar refractivity (Wildman–Crippen MR) is 52.1 cm³/mol. The van der Waals surface area contributed by atoms with E-state index in [1.165, 1.54) is 0 Å². The number of hydrogen-bond acceptors (Lipinski definition) is 2. The summed E-state index contributed by atoms with van der Waals surface area (Å²) in [5.74, 6) is -3.25. The second kappa shape index (κ2) is 5.37. The summed E-state index contributed by atoms with van der Waals surface area (Å²) in [6, 6.07) is 0. The zero-order valence-corrected chi connectivity index (χ0v) is 9.09. The second-order valence-corrected chi connectivity index (χ2v) is 4.26. The van der Waals surface area contributed by atoms with Crippen molar-refractivity contribution >= 4 is 11.9 Å². The summed E-state index contributed by atoms with van der Waals surface area (Å²) >= 11 is 0. The van der Waals surface area contributed by atoms with E-state index < -0.39 is 24.0 Å². The molecule has 17 heavy (non-hydrogen) atoms. The van der Waals surface area contributed by atoms with Gasteiger partial charge in [-0.15, -0.1) is 0 Å². The lowest BCUT2D eigenvalue weighted by atomic mass is 9.82. The van der Waals surface area contributed by atoms with Gasteiger partial charge in [0.05, 0.1) is 5.92 Å². The summed E-state index contributed by atoms with van der Waals surface area (Å²) in [7, 11) is 0. The second-order valence-electron chi connectivity index (χ2n) is 4.26. The maximum absolute atomic E-state index is 11.9. The highest BCUT2D eigenvalue weighted by atomic mass is 19.4. The normalized spacial score (nSPS) is 25.4. The van der Waals surface area contributed by atoms with Gasteiger partial charge in [-0.1, -0.05) is 0 Å². The van der Waals surface area contributed by atoms with Crippen LogP contribution in [0, 0.1) is 11.8 Å². The number of nitrogens with one attached hydrogen (secondary N) is 1. The molecule has 1 amide bonds. The van der Waals surface area contributed by atoms with Crippen LogP contribution in [0.15, 0.2) is 0 Å². The maximum Gasteiger partial charge on any atom is 0.471 e. The van der Waals surface area contributed by atoms with Crippen molar-refractivity contribution in [3.05, 3.63) is 0 Å². The van der Waals surface area contributed by atoms with Crippen LogP contribution in [-0.2, 0) is 9.59 Å². The van der Waals surface area contributed by atoms with E-state index >= 15 is 0 Å². The van der Waals surface area contributed by atoms with Crippen LogP contribution in [0.25, 0.3) is 0 Å². The number of carbonyl (C=O) groups excluding carboxylic acids is 1. The molecule has 0 heterocycles. The Morgan fingerprint density at radius 3 is 2.12 bits per heavy atom. The van der Waals surface area contributed by atoms with E-state index in [0.717, 1.165) is 0 Å². The molecule has 1 aliphatic rings. The number of alkyl halides is 3. The molecule has 0 radical (unpaired) electrons. The molecule has 2 N–H and O–H groups in total. The van der Waals surface area contributed by atoms with Crippen molar-refractivity contribution < 1.29 is 27.9 Å². The van der Waals surface area contributed by atoms with Crippen molar-refractivity contribution in [1.82, 2.24) is 5.32 Å². The van der Waals surface area contributed by atoms with E-state index in [4.69, 9.17) is 5.11 Å². The average molecular weight is 253 g/mol. The van der Waals surface area contributed by atoms with Crippen molar-refractivity contribution in [2.75, 3.05) is 6.54 Å². The molecule has 0 spiro atoms. The quantitative estimate of drug-likeness (QED) is 0.802. The minimum Gasteiger partial charge on any atom is -0.481 e. The van der Waals surface area contributed by atoms with E-state index in [0.29, 0.717) is 25.7 Å². The van der Waals surface area contributed by atoms with Gasteiger partial charge < -0.3 is 10.4 Å². The molecule has 0 atom stereocenters. The van der Waals surface area contributed by atoms with Crippen LogP contribution >= 0.6 is 0 Å². The van der Waals surface area contributed by atoms with Crippen molar-refractivity contribution in [3.63, 3.8) is 0 Å². The van der Waals surface area contributed by atoms with Gasteiger partial charge in [0, 0.05) is 6.54 Å². The highest BCUT2D eigenvalue weighted by molar-refractivity contribution is 5.81. The summed E-state index contributed by atoms with van der Waals surface area (Å²) in [4.78, 5) is 21.2. The van der Waals surface area contributed by atoms with E-state index in [2.05, 4.69) is 0 Å². The molecule has 0 unspecified atom stereocenters. The van der Waals surface area contributed by atoms with E-state index in [1.807, 2.05) is 5.32 Å². The largest absolute Gasteiger partial charge is 0.481 e. The fourth-order valence-corrected chi connectivity index (χ4v) is 1.95. The minimum absolute atomic E-state index is 0.0370. The molecular formula is C10H14F3NO3. The third-order valence-corrected chi connectivity index (χ3v) is 3.00. The van der Waals surface area contributed by atoms with E-state index in [9.17, 15) is 22.8 Å². The Morgan fingerprint density at radius 1 is 1.18 bits per heavy atom. The topological polar surface area (TPSA) is 66.4 Å². The summed E-state index contributed by atoms with van der Waals surface area (Å²) in [6.45, 7) is -0.0370. The number of amides is 1. The van der Waals surface area contributed by atoms with Crippen LogP contribution in [0.5, 0.6) is 0 Å². The Labute approximate surface area is 96.2 Å². The van der Waals surface area contributed by atoms with Gasteiger partial charge in [0.2, 0.25) is 0 Å². The molecule has 7 heteroatoms. The Bertz CT molecular complexity index is 296. The average Bonchev–Trinajstić information content (AvgIpc) is 2.25. The first-order valence-electron chi connectivity index (χ1n) is 5.38. The van der Waals surface area contributed by atoms with Gasteiger partial charge in [-0.3, -0.25) is 9.59 Å². The van der Waals surface area contributed by atoms with Crippen LogP contribution in [0.1, 0.15) is 25.7 Å². The van der Waals surface area contributed by atoms with Crippen molar-refractivity contribution in [3.8, 4) is 0 Å². The molecule has 0 aliphatic heterocycles. The third-order valence-electron chi connectivity index (χ3n) is 3.00. The van der Waals surface area contributed by atoms with Crippen molar-refractivity contribution in [2.45, 2.75) is 31.9 Å². The zero-order chi connectivity index (χ0) is 13.1. The molecule has 0 aromatic carbocycles. The number of carboxylic acids is 1. The number of halogens is 3. The smallest absolute Gasteiger partial charge is 0.471 e. The lowest BCUT2D eigenvalue weighted by Gasteiger charge is -2.26. The molecule has 1 fully saturated rings. The first-order chi connectivity index (χ1) is 7.80. The number of aliphatic carboxylic acids is 1. The van der Waals surface area contributed by atoms with Gasteiger partial charge >= 0.3 is 18.1 Å². The standard InChI is InChI=1S/C10H14F3NO3/c11-10(12,13)9(17)14-5-6-1-3-7(4-2-6)8(15)16/h6-7H,1-5H2,(H,14,17)(H,15,16). The van der Waals surface area contributed by atoms with Crippen LogP contribution in [0.2, 0.25) is 0 Å². The van der Waals surface area contributed by atoms with Gasteiger partial charge in [0.25, 0.3) is 0 Å². The Kier molecular flexibility index (Phi) is 4.36. The molecule has 4 nitrogen and oxygen atoms in total. The van der Waals surface area contributed by atoms with Gasteiger partial charge in [0.1, 0.15) is 0 Å². The van der Waals surface area contributed by atoms with Crippen LogP contribution < -0.4 is 5.32 Å². The molecule has 1 saturated carbocycles. The SMILES string of the molecule is O=C(O)C1CCC(CNC(=O)C(F)(F)F)CC1. The molecular weight excluding hydrogens is 239 g/mol. The Balaban J connectivity index is 2.28. The monoisotopic (exact) mass is 253 g/mol. The first kappa shape index (κ1) is 13.8. The van der Waals surface area contributed by atoms with Crippen LogP contribution in [0.3, 0.4) is 0 Å². The van der Waals surface area contributed by atoms with Gasteiger partial charge in [0.15, 0.2) is 0 Å². The van der Waals surface area contributed by atoms with Crippen molar-refractivity contribution in [1.29, 1.82) is 0 Å². The summed E-state index contributed by atoms with van der Waals surface area (Å²) in [5, 5.41) is 10.6. The molecule has 0 bridgehead atoms. The van der Waals surface area contributed by atoms with Gasteiger partial charge in [-0.25, -0.2) is 0 Å². The third kappa shape index (κ3) is 4.24. The number of carboxylic acid groups (broad SMARTS) is 1. The van der Waals surface area contributed by atoms with Gasteiger partial charge in [-0.2, -0.15) is 13.2 Å². The van der Waals surface area contributed by atoms with Crippen LogP contribution in [0.4, 0.5) is 13.2 Å². The van der Waals surface area contributed by atoms with Crippen LogP contribution in [-0.4, -0.2) is 29.7 Å².